The Balaban J connectivity index is 1.95. The van der Waals surface area contributed by atoms with E-state index in [0.29, 0.717) is 23.9 Å². The fourth-order valence-electron chi connectivity index (χ4n) is 2.59. The van der Waals surface area contributed by atoms with E-state index in [4.69, 9.17) is 4.74 Å². The summed E-state index contributed by atoms with van der Waals surface area (Å²) in [6.07, 6.45) is 2.42. The van der Waals surface area contributed by atoms with Crippen LogP contribution in [0.1, 0.15) is 38.9 Å². The van der Waals surface area contributed by atoms with Crippen LogP contribution in [0.25, 0.3) is 11.0 Å². The second-order valence-electron chi connectivity index (χ2n) is 5.33. The van der Waals surface area contributed by atoms with E-state index in [-0.39, 0.29) is 17.9 Å². The summed E-state index contributed by atoms with van der Waals surface area (Å²) in [6.45, 7) is 4.60. The van der Waals surface area contributed by atoms with E-state index in [1.807, 2.05) is 25.1 Å². The number of nitrogens with zero attached hydrogens (tertiary/aromatic N) is 2. The number of H-pyrrole nitrogens is 1. The van der Waals surface area contributed by atoms with Gasteiger partial charge in [0.25, 0.3) is 0 Å². The van der Waals surface area contributed by atoms with Crippen LogP contribution < -0.4 is 0 Å². The molecule has 0 bridgehead atoms. The lowest BCUT2D eigenvalue weighted by molar-refractivity contribution is 0.0518. The van der Waals surface area contributed by atoms with Gasteiger partial charge >= 0.3 is 5.97 Å². The Morgan fingerprint density at radius 2 is 2.26 bits per heavy atom. The molecule has 0 saturated heterocycles. The minimum Gasteiger partial charge on any atom is -0.461 e. The Bertz CT molecular complexity index is 876. The van der Waals surface area contributed by atoms with Crippen molar-refractivity contribution in [1.82, 2.24) is 14.8 Å². The van der Waals surface area contributed by atoms with Gasteiger partial charge in [0.05, 0.1) is 24.2 Å². The Labute approximate surface area is 133 Å². The second kappa shape index (κ2) is 6.08. The topological polar surface area (TPSA) is 77.0 Å². The predicted molar refractivity (Wildman–Crippen MR) is 85.7 cm³/mol. The highest BCUT2D eigenvalue weighted by Gasteiger charge is 2.20. The molecule has 3 rings (SSSR count). The SMILES string of the molecule is CCOC(=O)c1[nH]c2cn(Cc3cccc(C)c3)nc2c1C=O. The zero-order valence-electron chi connectivity index (χ0n) is 13.0. The fourth-order valence-corrected chi connectivity index (χ4v) is 2.59. The molecule has 6 heteroatoms. The number of esters is 1. The molecule has 23 heavy (non-hydrogen) atoms. The first-order valence-electron chi connectivity index (χ1n) is 7.39. The fraction of sp³-hybridized carbons (Fsp3) is 0.235. The van der Waals surface area contributed by atoms with Gasteiger partial charge in [0.15, 0.2) is 6.29 Å². The number of ether oxygens (including phenoxy) is 1. The van der Waals surface area contributed by atoms with E-state index in [2.05, 4.69) is 16.1 Å². The average Bonchev–Trinajstić information content (AvgIpc) is 3.04. The van der Waals surface area contributed by atoms with E-state index in [1.54, 1.807) is 17.8 Å². The lowest BCUT2D eigenvalue weighted by atomic mass is 10.1. The Hall–Kier alpha value is -2.89. The number of hydrogen-bond acceptors (Lipinski definition) is 4. The first-order chi connectivity index (χ1) is 11.1. The van der Waals surface area contributed by atoms with Gasteiger partial charge in [-0.15, -0.1) is 0 Å². The van der Waals surface area contributed by atoms with Crippen LogP contribution in [-0.4, -0.2) is 33.6 Å². The van der Waals surface area contributed by atoms with Gasteiger partial charge in [0.2, 0.25) is 0 Å². The summed E-state index contributed by atoms with van der Waals surface area (Å²) in [6, 6.07) is 8.14. The highest BCUT2D eigenvalue weighted by molar-refractivity contribution is 6.06. The molecule has 0 saturated carbocycles. The summed E-state index contributed by atoms with van der Waals surface area (Å²) in [4.78, 5) is 26.1. The third kappa shape index (κ3) is 2.88. The largest absolute Gasteiger partial charge is 0.461 e. The van der Waals surface area contributed by atoms with Crippen molar-refractivity contribution in [1.29, 1.82) is 0 Å². The molecule has 0 fully saturated rings. The number of aldehydes is 1. The highest BCUT2D eigenvalue weighted by atomic mass is 16.5. The van der Waals surface area contributed by atoms with Crippen molar-refractivity contribution in [2.45, 2.75) is 20.4 Å². The molecule has 0 aliphatic rings. The van der Waals surface area contributed by atoms with Gasteiger partial charge in [0, 0.05) is 6.20 Å². The van der Waals surface area contributed by atoms with E-state index >= 15 is 0 Å². The number of carbonyl (C=O) groups excluding carboxylic acids is 2. The van der Waals surface area contributed by atoms with Crippen LogP contribution in [0.4, 0.5) is 0 Å². The van der Waals surface area contributed by atoms with E-state index in [9.17, 15) is 9.59 Å². The van der Waals surface area contributed by atoms with Gasteiger partial charge in [-0.05, 0) is 19.4 Å². The molecule has 1 N–H and O–H groups in total. The quantitative estimate of drug-likeness (QED) is 0.580. The van der Waals surface area contributed by atoms with Crippen molar-refractivity contribution in [3.05, 3.63) is 52.8 Å². The smallest absolute Gasteiger partial charge is 0.355 e. The molecular formula is C17H17N3O3. The molecule has 2 heterocycles. The molecule has 6 nitrogen and oxygen atoms in total. The third-order valence-corrected chi connectivity index (χ3v) is 3.57. The normalized spacial score (nSPS) is 10.9. The maximum atomic E-state index is 11.9. The number of nitrogens with one attached hydrogen (secondary N) is 1. The van der Waals surface area contributed by atoms with Crippen LogP contribution in [0.2, 0.25) is 0 Å². The minimum atomic E-state index is -0.544. The van der Waals surface area contributed by atoms with Crippen LogP contribution in [0.3, 0.4) is 0 Å². The van der Waals surface area contributed by atoms with Crippen molar-refractivity contribution in [3.8, 4) is 0 Å². The van der Waals surface area contributed by atoms with Gasteiger partial charge in [-0.3, -0.25) is 9.48 Å². The zero-order chi connectivity index (χ0) is 16.4. The summed E-state index contributed by atoms with van der Waals surface area (Å²) in [5.74, 6) is -0.544. The molecule has 0 unspecified atom stereocenters. The first kappa shape index (κ1) is 15.0. The van der Waals surface area contributed by atoms with Crippen molar-refractivity contribution in [3.63, 3.8) is 0 Å². The number of carbonyl (C=O) groups is 2. The molecule has 118 valence electrons. The van der Waals surface area contributed by atoms with Gasteiger partial charge in [-0.1, -0.05) is 29.8 Å². The Morgan fingerprint density at radius 3 is 2.96 bits per heavy atom. The maximum absolute atomic E-state index is 11.9. The Kier molecular flexibility index (Phi) is 3.97. The van der Waals surface area contributed by atoms with E-state index < -0.39 is 5.97 Å². The summed E-state index contributed by atoms with van der Waals surface area (Å²) >= 11 is 0. The first-order valence-corrected chi connectivity index (χ1v) is 7.39. The number of aryl methyl sites for hydroxylation is 1. The van der Waals surface area contributed by atoms with E-state index in [1.165, 1.54) is 5.56 Å². The summed E-state index contributed by atoms with van der Waals surface area (Å²) in [5.41, 5.74) is 3.81. The molecule has 2 aromatic heterocycles. The molecule has 0 atom stereocenters. The lowest BCUT2D eigenvalue weighted by Gasteiger charge is -2.03. The standard InChI is InChI=1S/C17H17N3O3/c1-3-23-17(22)16-13(10-21)15-14(18-16)9-20(19-15)8-12-6-4-5-11(2)7-12/h4-7,9-10,18H,3,8H2,1-2H3. The Morgan fingerprint density at radius 1 is 1.43 bits per heavy atom. The monoisotopic (exact) mass is 311 g/mol. The summed E-state index contributed by atoms with van der Waals surface area (Å²) in [5, 5.41) is 4.42. The number of aromatic nitrogens is 3. The molecule has 0 radical (unpaired) electrons. The van der Waals surface area contributed by atoms with Crippen molar-refractivity contribution < 1.29 is 14.3 Å². The maximum Gasteiger partial charge on any atom is 0.355 e. The second-order valence-corrected chi connectivity index (χ2v) is 5.33. The average molecular weight is 311 g/mol. The van der Waals surface area contributed by atoms with Crippen molar-refractivity contribution >= 4 is 23.3 Å². The van der Waals surface area contributed by atoms with Gasteiger partial charge in [0.1, 0.15) is 11.2 Å². The van der Waals surface area contributed by atoms with Crippen molar-refractivity contribution in [2.24, 2.45) is 0 Å². The van der Waals surface area contributed by atoms with Gasteiger partial charge in [-0.25, -0.2) is 4.79 Å². The van der Waals surface area contributed by atoms with Crippen LogP contribution in [0, 0.1) is 6.92 Å². The van der Waals surface area contributed by atoms with Crippen molar-refractivity contribution in [2.75, 3.05) is 6.61 Å². The van der Waals surface area contributed by atoms with Crippen LogP contribution in [0.15, 0.2) is 30.5 Å². The number of rotatable bonds is 5. The molecule has 0 spiro atoms. The number of fused-ring (bicyclic) bond motifs is 1. The molecule has 0 aliphatic heterocycles. The predicted octanol–water partition coefficient (Wildman–Crippen LogP) is 2.71. The highest BCUT2D eigenvalue weighted by Crippen LogP contribution is 2.21. The van der Waals surface area contributed by atoms with E-state index in [0.717, 1.165) is 5.56 Å². The number of benzene rings is 1. The lowest BCUT2D eigenvalue weighted by Crippen LogP contribution is -2.08. The third-order valence-electron chi connectivity index (χ3n) is 3.57. The van der Waals surface area contributed by atoms with Crippen LogP contribution in [0.5, 0.6) is 0 Å². The summed E-state index contributed by atoms with van der Waals surface area (Å²) < 4.78 is 6.69. The molecule has 0 amide bonds. The van der Waals surface area contributed by atoms with Gasteiger partial charge < -0.3 is 9.72 Å². The van der Waals surface area contributed by atoms with Crippen LogP contribution >= 0.6 is 0 Å². The molecular weight excluding hydrogens is 294 g/mol. The summed E-state index contributed by atoms with van der Waals surface area (Å²) in [7, 11) is 0. The zero-order valence-corrected chi connectivity index (χ0v) is 13.0. The van der Waals surface area contributed by atoms with Crippen LogP contribution in [-0.2, 0) is 11.3 Å². The number of aromatic amines is 1. The molecule has 3 aromatic rings. The molecule has 0 aliphatic carbocycles. The molecule has 1 aromatic carbocycles. The number of hydrogen-bond donors (Lipinski definition) is 1. The van der Waals surface area contributed by atoms with Gasteiger partial charge in [-0.2, -0.15) is 5.10 Å². The minimum absolute atomic E-state index is 0.155.